The lowest BCUT2D eigenvalue weighted by Gasteiger charge is -2.02. The Balaban J connectivity index is 1.79. The normalized spacial score (nSPS) is 11.2. The Kier molecular flexibility index (Phi) is 3.65. The Bertz CT molecular complexity index is 855. The van der Waals surface area contributed by atoms with Crippen LogP contribution in [0.25, 0.3) is 17.1 Å². The highest BCUT2D eigenvalue weighted by Gasteiger charge is 2.09. The molecule has 6 heteroatoms. The molecule has 0 spiro atoms. The fourth-order valence-corrected chi connectivity index (χ4v) is 2.08. The van der Waals surface area contributed by atoms with Crippen LogP contribution in [0.5, 0.6) is 0 Å². The molecule has 1 N–H and O–H groups in total. The maximum Gasteiger partial charge on any atom is 0.250 e. The number of hydrogen-bond donors (Lipinski definition) is 1. The molecule has 0 saturated heterocycles. The standard InChI is InChI=1S/C16H13FN4O/c1-21-14-6-5-12(17)9-13(14)19-16(21)20-15(22)7-4-11-3-2-8-18-10-11/h2-10H,1H3,(H,19,20,22). The van der Waals surface area contributed by atoms with Gasteiger partial charge in [-0.3, -0.25) is 15.1 Å². The zero-order valence-electron chi connectivity index (χ0n) is 11.8. The van der Waals surface area contributed by atoms with Gasteiger partial charge in [0, 0.05) is 31.6 Å². The Morgan fingerprint density at radius 3 is 3.00 bits per heavy atom. The van der Waals surface area contributed by atoms with Gasteiger partial charge in [-0.25, -0.2) is 9.37 Å². The number of halogens is 1. The van der Waals surface area contributed by atoms with E-state index in [2.05, 4.69) is 15.3 Å². The van der Waals surface area contributed by atoms with Gasteiger partial charge in [0.15, 0.2) is 0 Å². The van der Waals surface area contributed by atoms with Gasteiger partial charge in [0.25, 0.3) is 5.91 Å². The van der Waals surface area contributed by atoms with Crippen molar-refractivity contribution in [2.75, 3.05) is 5.32 Å². The van der Waals surface area contributed by atoms with Gasteiger partial charge in [-0.05, 0) is 29.8 Å². The van der Waals surface area contributed by atoms with Gasteiger partial charge in [-0.2, -0.15) is 0 Å². The van der Waals surface area contributed by atoms with E-state index in [0.29, 0.717) is 11.5 Å². The molecule has 0 aliphatic carbocycles. The number of pyridine rings is 1. The summed E-state index contributed by atoms with van der Waals surface area (Å²) in [5.74, 6) is -0.316. The molecule has 0 bridgehead atoms. The molecule has 2 aromatic heterocycles. The van der Waals surface area contributed by atoms with E-state index in [4.69, 9.17) is 0 Å². The van der Waals surface area contributed by atoms with Gasteiger partial charge in [0.1, 0.15) is 5.82 Å². The number of benzene rings is 1. The minimum absolute atomic E-state index is 0.317. The first kappa shape index (κ1) is 13.9. The first-order valence-electron chi connectivity index (χ1n) is 6.64. The smallest absolute Gasteiger partial charge is 0.250 e. The van der Waals surface area contributed by atoms with E-state index in [1.165, 1.54) is 18.2 Å². The van der Waals surface area contributed by atoms with Crippen molar-refractivity contribution in [3.8, 4) is 0 Å². The first-order chi connectivity index (χ1) is 10.6. The molecule has 0 atom stereocenters. The molecule has 0 radical (unpaired) electrons. The van der Waals surface area contributed by atoms with Gasteiger partial charge in [-0.15, -0.1) is 0 Å². The number of amides is 1. The van der Waals surface area contributed by atoms with Crippen LogP contribution in [-0.2, 0) is 11.8 Å². The number of carbonyl (C=O) groups is 1. The Morgan fingerprint density at radius 2 is 2.23 bits per heavy atom. The summed E-state index contributed by atoms with van der Waals surface area (Å²) >= 11 is 0. The number of nitrogens with one attached hydrogen (secondary N) is 1. The molecule has 0 fully saturated rings. The zero-order chi connectivity index (χ0) is 15.5. The molecular weight excluding hydrogens is 283 g/mol. The van der Waals surface area contributed by atoms with Crippen LogP contribution in [0, 0.1) is 5.82 Å². The molecule has 2 heterocycles. The van der Waals surface area contributed by atoms with Gasteiger partial charge in [0.05, 0.1) is 11.0 Å². The SMILES string of the molecule is Cn1c(NC(=O)C=Cc2cccnc2)nc2cc(F)ccc21. The number of fused-ring (bicyclic) bond motifs is 1. The number of aryl methyl sites for hydroxylation is 1. The van der Waals surface area contributed by atoms with E-state index in [1.54, 1.807) is 42.2 Å². The van der Waals surface area contributed by atoms with Crippen LogP contribution in [-0.4, -0.2) is 20.4 Å². The molecular formula is C16H13FN4O. The molecule has 0 aliphatic heterocycles. The number of carbonyl (C=O) groups excluding carboxylic acids is 1. The maximum absolute atomic E-state index is 13.2. The van der Waals surface area contributed by atoms with E-state index in [-0.39, 0.29) is 11.7 Å². The molecule has 0 unspecified atom stereocenters. The average Bonchev–Trinajstić information content (AvgIpc) is 2.82. The van der Waals surface area contributed by atoms with Crippen molar-refractivity contribution in [2.45, 2.75) is 0 Å². The molecule has 1 aromatic carbocycles. The number of imidazole rings is 1. The lowest BCUT2D eigenvalue weighted by atomic mass is 10.2. The van der Waals surface area contributed by atoms with Crippen molar-refractivity contribution in [1.29, 1.82) is 0 Å². The van der Waals surface area contributed by atoms with E-state index >= 15 is 0 Å². The highest BCUT2D eigenvalue weighted by molar-refractivity contribution is 6.01. The first-order valence-corrected chi connectivity index (χ1v) is 6.64. The summed E-state index contributed by atoms with van der Waals surface area (Å²) in [6.07, 6.45) is 6.37. The number of anilines is 1. The highest BCUT2D eigenvalue weighted by atomic mass is 19.1. The average molecular weight is 296 g/mol. The largest absolute Gasteiger partial charge is 0.313 e. The van der Waals surface area contributed by atoms with Crippen LogP contribution in [0.4, 0.5) is 10.3 Å². The molecule has 110 valence electrons. The van der Waals surface area contributed by atoms with Crippen LogP contribution in [0.2, 0.25) is 0 Å². The lowest BCUT2D eigenvalue weighted by Crippen LogP contribution is -2.11. The lowest BCUT2D eigenvalue weighted by molar-refractivity contribution is -0.111. The second-order valence-electron chi connectivity index (χ2n) is 4.74. The van der Waals surface area contributed by atoms with E-state index < -0.39 is 0 Å². The number of hydrogen-bond acceptors (Lipinski definition) is 3. The second kappa shape index (κ2) is 5.77. The Morgan fingerprint density at radius 1 is 1.36 bits per heavy atom. The summed E-state index contributed by atoms with van der Waals surface area (Å²) in [6.45, 7) is 0. The van der Waals surface area contributed by atoms with Crippen LogP contribution < -0.4 is 5.32 Å². The van der Waals surface area contributed by atoms with Gasteiger partial charge >= 0.3 is 0 Å². The number of nitrogens with zero attached hydrogens (tertiary/aromatic N) is 3. The Hall–Kier alpha value is -3.02. The summed E-state index contributed by atoms with van der Waals surface area (Å²) in [5, 5.41) is 2.67. The van der Waals surface area contributed by atoms with Crippen molar-refractivity contribution in [1.82, 2.24) is 14.5 Å². The van der Waals surface area contributed by atoms with Gasteiger partial charge in [0.2, 0.25) is 5.95 Å². The molecule has 22 heavy (non-hydrogen) atoms. The predicted molar refractivity (Wildman–Crippen MR) is 82.6 cm³/mol. The molecule has 1 amide bonds. The van der Waals surface area contributed by atoms with Crippen LogP contribution in [0.15, 0.2) is 48.8 Å². The molecule has 0 aliphatic rings. The molecule has 5 nitrogen and oxygen atoms in total. The zero-order valence-corrected chi connectivity index (χ0v) is 11.8. The van der Waals surface area contributed by atoms with Crippen molar-refractivity contribution in [3.05, 3.63) is 60.2 Å². The number of rotatable bonds is 3. The molecule has 3 aromatic rings. The third-order valence-electron chi connectivity index (χ3n) is 3.19. The topological polar surface area (TPSA) is 59.8 Å². The van der Waals surface area contributed by atoms with Crippen molar-refractivity contribution < 1.29 is 9.18 Å². The van der Waals surface area contributed by atoms with Crippen molar-refractivity contribution in [2.24, 2.45) is 7.05 Å². The quantitative estimate of drug-likeness (QED) is 0.756. The second-order valence-corrected chi connectivity index (χ2v) is 4.74. The van der Waals surface area contributed by atoms with Gasteiger partial charge in [-0.1, -0.05) is 6.07 Å². The monoisotopic (exact) mass is 296 g/mol. The molecule has 3 rings (SSSR count). The minimum Gasteiger partial charge on any atom is -0.313 e. The third-order valence-corrected chi connectivity index (χ3v) is 3.19. The van der Waals surface area contributed by atoms with E-state index in [1.807, 2.05) is 6.07 Å². The van der Waals surface area contributed by atoms with Crippen LogP contribution >= 0.6 is 0 Å². The minimum atomic E-state index is -0.361. The highest BCUT2D eigenvalue weighted by Crippen LogP contribution is 2.19. The van der Waals surface area contributed by atoms with Crippen molar-refractivity contribution >= 4 is 29.0 Å². The fourth-order valence-electron chi connectivity index (χ4n) is 2.08. The fraction of sp³-hybridized carbons (Fsp3) is 0.0625. The van der Waals surface area contributed by atoms with Crippen LogP contribution in [0.1, 0.15) is 5.56 Å². The molecule has 0 saturated carbocycles. The van der Waals surface area contributed by atoms with Gasteiger partial charge < -0.3 is 4.57 Å². The Labute approximate surface area is 126 Å². The summed E-state index contributed by atoms with van der Waals surface area (Å²) < 4.78 is 14.9. The van der Waals surface area contributed by atoms with E-state index in [9.17, 15) is 9.18 Å². The summed E-state index contributed by atoms with van der Waals surface area (Å²) in [5.41, 5.74) is 2.06. The number of aromatic nitrogens is 3. The summed E-state index contributed by atoms with van der Waals surface area (Å²) in [4.78, 5) is 20.1. The van der Waals surface area contributed by atoms with E-state index in [0.717, 1.165) is 11.1 Å². The predicted octanol–water partition coefficient (Wildman–Crippen LogP) is 2.76. The summed E-state index contributed by atoms with van der Waals surface area (Å²) in [7, 11) is 1.76. The van der Waals surface area contributed by atoms with Crippen LogP contribution in [0.3, 0.4) is 0 Å². The third kappa shape index (κ3) is 2.85. The van der Waals surface area contributed by atoms with Crippen molar-refractivity contribution in [3.63, 3.8) is 0 Å². The maximum atomic E-state index is 13.2. The summed E-state index contributed by atoms with van der Waals surface area (Å²) in [6, 6.07) is 7.94.